The highest BCUT2D eigenvalue weighted by atomic mass is 32.2. The fourth-order valence-electron chi connectivity index (χ4n) is 3.14. The molecule has 0 saturated carbocycles. The highest BCUT2D eigenvalue weighted by Crippen LogP contribution is 2.34. The Morgan fingerprint density at radius 3 is 2.56 bits per heavy atom. The van der Waals surface area contributed by atoms with Crippen molar-refractivity contribution in [3.05, 3.63) is 53.9 Å². The molecule has 1 atom stereocenters. The standard InChI is InChI=1S/C18H22N2O4S/c1-24-16-8-4-3-7-14(16)18(21)15-9-10-19-13-17(15)25(22,23)20-11-5-2-6-12-20/h3-4,7-10,13,18,21H,2,5-6,11-12H2,1H3. The van der Waals surface area contributed by atoms with Crippen molar-refractivity contribution in [3.8, 4) is 5.75 Å². The number of aliphatic hydroxyl groups is 1. The van der Waals surface area contributed by atoms with Crippen LogP contribution < -0.4 is 4.74 Å². The van der Waals surface area contributed by atoms with Crippen LogP contribution in [0.5, 0.6) is 5.75 Å². The quantitative estimate of drug-likeness (QED) is 0.883. The topological polar surface area (TPSA) is 79.7 Å². The maximum atomic E-state index is 13.0. The molecule has 1 aromatic carbocycles. The molecule has 6 nitrogen and oxygen atoms in total. The second-order valence-electron chi connectivity index (χ2n) is 6.02. The lowest BCUT2D eigenvalue weighted by molar-refractivity contribution is 0.211. The average Bonchev–Trinajstić information content (AvgIpc) is 2.68. The van der Waals surface area contributed by atoms with Gasteiger partial charge in [-0.05, 0) is 25.0 Å². The molecule has 1 saturated heterocycles. The van der Waals surface area contributed by atoms with Gasteiger partial charge < -0.3 is 9.84 Å². The molecule has 2 heterocycles. The van der Waals surface area contributed by atoms with Crippen molar-refractivity contribution in [3.63, 3.8) is 0 Å². The molecule has 0 amide bonds. The molecule has 1 fully saturated rings. The first-order valence-corrected chi connectivity index (χ1v) is 9.74. The van der Waals surface area contributed by atoms with Gasteiger partial charge in [0.25, 0.3) is 0 Å². The first-order chi connectivity index (χ1) is 12.1. The molecular formula is C18H22N2O4S. The van der Waals surface area contributed by atoms with Crippen LogP contribution >= 0.6 is 0 Å². The van der Waals surface area contributed by atoms with E-state index in [1.54, 1.807) is 30.3 Å². The summed E-state index contributed by atoms with van der Waals surface area (Å²) < 4.78 is 32.9. The van der Waals surface area contributed by atoms with Crippen LogP contribution in [0.25, 0.3) is 0 Å². The molecule has 0 spiro atoms. The molecule has 7 heteroatoms. The number of hydrogen-bond acceptors (Lipinski definition) is 5. The van der Waals surface area contributed by atoms with E-state index in [2.05, 4.69) is 4.98 Å². The van der Waals surface area contributed by atoms with E-state index >= 15 is 0 Å². The molecule has 1 N–H and O–H groups in total. The van der Waals surface area contributed by atoms with E-state index in [0.717, 1.165) is 19.3 Å². The third kappa shape index (κ3) is 3.53. The highest BCUT2D eigenvalue weighted by molar-refractivity contribution is 7.89. The second-order valence-corrected chi connectivity index (χ2v) is 7.93. The van der Waals surface area contributed by atoms with Crippen LogP contribution in [0.15, 0.2) is 47.6 Å². The van der Waals surface area contributed by atoms with E-state index in [1.165, 1.54) is 23.8 Å². The molecule has 1 aromatic heterocycles. The monoisotopic (exact) mass is 362 g/mol. The van der Waals surface area contributed by atoms with Crippen LogP contribution in [0.3, 0.4) is 0 Å². The van der Waals surface area contributed by atoms with Crippen molar-refractivity contribution in [2.75, 3.05) is 20.2 Å². The first-order valence-electron chi connectivity index (χ1n) is 8.30. The summed E-state index contributed by atoms with van der Waals surface area (Å²) in [6, 6.07) is 8.59. The van der Waals surface area contributed by atoms with E-state index in [-0.39, 0.29) is 4.90 Å². The minimum Gasteiger partial charge on any atom is -0.496 e. The van der Waals surface area contributed by atoms with Crippen LogP contribution in [0, 0.1) is 0 Å². The summed E-state index contributed by atoms with van der Waals surface area (Å²) in [7, 11) is -2.18. The van der Waals surface area contributed by atoms with Crippen molar-refractivity contribution >= 4 is 10.0 Å². The molecule has 1 unspecified atom stereocenters. The molecule has 3 rings (SSSR count). The molecule has 0 radical (unpaired) electrons. The Morgan fingerprint density at radius 2 is 1.84 bits per heavy atom. The predicted molar refractivity (Wildman–Crippen MR) is 93.9 cm³/mol. The molecule has 1 aliphatic heterocycles. The van der Waals surface area contributed by atoms with Crippen molar-refractivity contribution < 1.29 is 18.3 Å². The number of hydrogen-bond donors (Lipinski definition) is 1. The lowest BCUT2D eigenvalue weighted by Gasteiger charge is -2.27. The molecule has 134 valence electrons. The predicted octanol–water partition coefficient (Wildman–Crippen LogP) is 2.35. The van der Waals surface area contributed by atoms with Crippen molar-refractivity contribution in [1.82, 2.24) is 9.29 Å². The molecule has 25 heavy (non-hydrogen) atoms. The number of ether oxygens (including phenoxy) is 1. The van der Waals surface area contributed by atoms with Gasteiger partial charge in [0.2, 0.25) is 10.0 Å². The van der Waals surface area contributed by atoms with Crippen LogP contribution in [0.1, 0.15) is 36.5 Å². The highest BCUT2D eigenvalue weighted by Gasteiger charge is 2.31. The van der Waals surface area contributed by atoms with Gasteiger partial charge in [0, 0.05) is 36.6 Å². The third-order valence-electron chi connectivity index (χ3n) is 4.48. The minimum atomic E-state index is -3.70. The van der Waals surface area contributed by atoms with E-state index in [0.29, 0.717) is 30.0 Å². The summed E-state index contributed by atoms with van der Waals surface area (Å²) in [5.41, 5.74) is 0.830. The fraction of sp³-hybridized carbons (Fsp3) is 0.389. The molecule has 0 aliphatic carbocycles. The van der Waals surface area contributed by atoms with E-state index in [9.17, 15) is 13.5 Å². The number of methoxy groups -OCH3 is 1. The average molecular weight is 362 g/mol. The van der Waals surface area contributed by atoms with Crippen LogP contribution in [-0.2, 0) is 10.0 Å². The van der Waals surface area contributed by atoms with E-state index in [1.807, 2.05) is 0 Å². The van der Waals surface area contributed by atoms with Gasteiger partial charge in [-0.2, -0.15) is 4.31 Å². The smallest absolute Gasteiger partial charge is 0.244 e. The number of para-hydroxylation sites is 1. The number of benzene rings is 1. The lowest BCUT2D eigenvalue weighted by atomic mass is 10.0. The molecule has 0 bridgehead atoms. The summed E-state index contributed by atoms with van der Waals surface area (Å²) in [5, 5.41) is 10.9. The maximum absolute atomic E-state index is 13.0. The molecule has 1 aliphatic rings. The number of rotatable bonds is 5. The van der Waals surface area contributed by atoms with Crippen molar-refractivity contribution in [2.45, 2.75) is 30.3 Å². The SMILES string of the molecule is COc1ccccc1C(O)c1ccncc1S(=O)(=O)N1CCCCC1. The first kappa shape index (κ1) is 17.8. The van der Waals surface area contributed by atoms with Gasteiger partial charge >= 0.3 is 0 Å². The summed E-state index contributed by atoms with van der Waals surface area (Å²) in [5.74, 6) is 0.508. The Morgan fingerprint density at radius 1 is 1.12 bits per heavy atom. The van der Waals surface area contributed by atoms with E-state index in [4.69, 9.17) is 4.74 Å². The number of piperidine rings is 1. The van der Waals surface area contributed by atoms with Gasteiger partial charge in [-0.1, -0.05) is 24.6 Å². The summed E-state index contributed by atoms with van der Waals surface area (Å²) in [6.45, 7) is 1.00. The Labute approximate surface area is 148 Å². The zero-order valence-corrected chi connectivity index (χ0v) is 14.9. The number of sulfonamides is 1. The van der Waals surface area contributed by atoms with Crippen LogP contribution in [0.2, 0.25) is 0 Å². The summed E-state index contributed by atoms with van der Waals surface area (Å²) >= 11 is 0. The zero-order chi connectivity index (χ0) is 17.9. The largest absolute Gasteiger partial charge is 0.496 e. The Balaban J connectivity index is 2.04. The minimum absolute atomic E-state index is 0.0512. The van der Waals surface area contributed by atoms with Crippen LogP contribution in [0.4, 0.5) is 0 Å². The van der Waals surface area contributed by atoms with Crippen molar-refractivity contribution in [1.29, 1.82) is 0 Å². The van der Waals surface area contributed by atoms with Crippen molar-refractivity contribution in [2.24, 2.45) is 0 Å². The Kier molecular flexibility index (Phi) is 5.36. The number of pyridine rings is 1. The Hall–Kier alpha value is -1.96. The number of aromatic nitrogens is 1. The van der Waals surface area contributed by atoms with Crippen LogP contribution in [-0.4, -0.2) is 43.0 Å². The van der Waals surface area contributed by atoms with Gasteiger partial charge in [0.1, 0.15) is 16.7 Å². The zero-order valence-electron chi connectivity index (χ0n) is 14.1. The van der Waals surface area contributed by atoms with Gasteiger partial charge in [0.05, 0.1) is 7.11 Å². The van der Waals surface area contributed by atoms with Gasteiger partial charge in [-0.25, -0.2) is 8.42 Å². The summed E-state index contributed by atoms with van der Waals surface area (Å²) in [6.07, 6.45) is 4.43. The summed E-state index contributed by atoms with van der Waals surface area (Å²) in [4.78, 5) is 4.03. The van der Waals surface area contributed by atoms with Gasteiger partial charge in [-0.3, -0.25) is 4.98 Å². The maximum Gasteiger partial charge on any atom is 0.244 e. The second kappa shape index (κ2) is 7.51. The van der Waals surface area contributed by atoms with Gasteiger partial charge in [0.15, 0.2) is 0 Å². The Bertz CT molecular complexity index is 832. The normalized spacial score (nSPS) is 17.2. The third-order valence-corrected chi connectivity index (χ3v) is 6.42. The fourth-order valence-corrected chi connectivity index (χ4v) is 4.83. The lowest BCUT2D eigenvalue weighted by Crippen LogP contribution is -2.36. The van der Waals surface area contributed by atoms with Gasteiger partial charge in [-0.15, -0.1) is 0 Å². The molecule has 2 aromatic rings. The molecular weight excluding hydrogens is 340 g/mol. The van der Waals surface area contributed by atoms with E-state index < -0.39 is 16.1 Å². The number of nitrogens with zero attached hydrogens (tertiary/aromatic N) is 2. The number of aliphatic hydroxyl groups excluding tert-OH is 1.